The Bertz CT molecular complexity index is 1290. The van der Waals surface area contributed by atoms with E-state index in [1.165, 1.54) is 0 Å². The number of piperazine rings is 1. The van der Waals surface area contributed by atoms with Crippen LogP contribution in [0.4, 0.5) is 11.4 Å². The smallest absolute Gasteiger partial charge is 0.265 e. The van der Waals surface area contributed by atoms with Crippen molar-refractivity contribution in [2.75, 3.05) is 48.5 Å². The van der Waals surface area contributed by atoms with Crippen LogP contribution in [0.1, 0.15) is 25.7 Å². The van der Waals surface area contributed by atoms with E-state index in [2.05, 4.69) is 9.80 Å². The van der Waals surface area contributed by atoms with Crippen molar-refractivity contribution in [2.24, 2.45) is 0 Å². The van der Waals surface area contributed by atoms with E-state index < -0.39 is 10.0 Å². The molecule has 0 aliphatic carbocycles. The SMILES string of the molecule is O=S1(=O)c2cccc3cccc(c23)N1CCCCCCN1CCN(c2ccc(Cl)c(Cl)c2)CC1. The van der Waals surface area contributed by atoms with Crippen LogP contribution in [0.2, 0.25) is 10.0 Å². The van der Waals surface area contributed by atoms with Gasteiger partial charge in [0, 0.05) is 43.8 Å². The number of halogens is 2. The van der Waals surface area contributed by atoms with Crippen LogP contribution in [0.15, 0.2) is 59.5 Å². The van der Waals surface area contributed by atoms with E-state index in [-0.39, 0.29) is 0 Å². The third kappa shape index (κ3) is 4.61. The fraction of sp³-hybridized carbons (Fsp3) is 0.385. The van der Waals surface area contributed by atoms with E-state index in [0.717, 1.165) is 80.6 Å². The number of anilines is 2. The molecule has 0 atom stereocenters. The Morgan fingerprint density at radius 1 is 0.765 bits per heavy atom. The number of rotatable bonds is 8. The van der Waals surface area contributed by atoms with Gasteiger partial charge in [0.1, 0.15) is 0 Å². The molecule has 34 heavy (non-hydrogen) atoms. The van der Waals surface area contributed by atoms with Gasteiger partial charge in [-0.1, -0.05) is 60.3 Å². The first-order valence-corrected chi connectivity index (χ1v) is 14.1. The molecule has 5 nitrogen and oxygen atoms in total. The largest absolute Gasteiger partial charge is 0.369 e. The molecule has 3 aromatic rings. The van der Waals surface area contributed by atoms with Gasteiger partial charge in [0.15, 0.2) is 0 Å². The summed E-state index contributed by atoms with van der Waals surface area (Å²) in [6.07, 6.45) is 4.14. The first-order chi connectivity index (χ1) is 16.4. The number of sulfonamides is 1. The summed E-state index contributed by atoms with van der Waals surface area (Å²) >= 11 is 12.2. The summed E-state index contributed by atoms with van der Waals surface area (Å²) in [7, 11) is -3.44. The van der Waals surface area contributed by atoms with Gasteiger partial charge in [0.2, 0.25) is 0 Å². The maximum atomic E-state index is 13.1. The lowest BCUT2D eigenvalue weighted by Gasteiger charge is -2.36. The first-order valence-electron chi connectivity index (χ1n) is 11.9. The Balaban J connectivity index is 1.05. The Hall–Kier alpha value is -1.99. The molecule has 0 bridgehead atoms. The molecule has 3 aromatic carbocycles. The second-order valence-electron chi connectivity index (χ2n) is 9.05. The highest BCUT2D eigenvalue weighted by Gasteiger charge is 2.34. The zero-order valence-electron chi connectivity index (χ0n) is 19.1. The van der Waals surface area contributed by atoms with Gasteiger partial charge in [-0.05, 0) is 55.1 Å². The monoisotopic (exact) mass is 517 g/mol. The first kappa shape index (κ1) is 23.7. The van der Waals surface area contributed by atoms with Crippen LogP contribution in [0.25, 0.3) is 10.8 Å². The van der Waals surface area contributed by atoms with E-state index in [4.69, 9.17) is 23.2 Å². The van der Waals surface area contributed by atoms with Crippen LogP contribution in [0, 0.1) is 0 Å². The van der Waals surface area contributed by atoms with Crippen molar-refractivity contribution in [2.45, 2.75) is 30.6 Å². The second-order valence-corrected chi connectivity index (χ2v) is 11.7. The molecule has 0 unspecified atom stereocenters. The van der Waals surface area contributed by atoms with Crippen LogP contribution in [-0.4, -0.2) is 52.6 Å². The van der Waals surface area contributed by atoms with Crippen molar-refractivity contribution in [3.63, 3.8) is 0 Å². The Labute approximate surface area is 211 Å². The van der Waals surface area contributed by atoms with Crippen molar-refractivity contribution < 1.29 is 8.42 Å². The number of hydrogen-bond donors (Lipinski definition) is 0. The van der Waals surface area contributed by atoms with Crippen molar-refractivity contribution in [1.82, 2.24) is 4.90 Å². The molecule has 0 N–H and O–H groups in total. The van der Waals surface area contributed by atoms with E-state index in [0.29, 0.717) is 21.5 Å². The van der Waals surface area contributed by atoms with Gasteiger partial charge in [-0.15, -0.1) is 0 Å². The summed E-state index contributed by atoms with van der Waals surface area (Å²) in [5.74, 6) is 0. The lowest BCUT2D eigenvalue weighted by molar-refractivity contribution is 0.252. The van der Waals surface area contributed by atoms with Gasteiger partial charge >= 0.3 is 0 Å². The molecule has 2 heterocycles. The topological polar surface area (TPSA) is 43.9 Å². The van der Waals surface area contributed by atoms with Crippen LogP contribution in [0.3, 0.4) is 0 Å². The van der Waals surface area contributed by atoms with E-state index >= 15 is 0 Å². The number of benzene rings is 3. The van der Waals surface area contributed by atoms with Crippen LogP contribution < -0.4 is 9.21 Å². The van der Waals surface area contributed by atoms with Crippen molar-refractivity contribution in [3.05, 3.63) is 64.6 Å². The standard InChI is InChI=1S/C26H29Cl2N3O2S/c27-22-12-11-21(19-23(22)28)30-17-15-29(16-18-30)13-3-1-2-4-14-31-24-9-5-7-20-8-6-10-25(26(20)24)34(31,32)33/h5-12,19H,1-4,13-18H2. The predicted octanol–water partition coefficient (Wildman–Crippen LogP) is 6.04. The minimum absolute atomic E-state index is 0.445. The van der Waals surface area contributed by atoms with Gasteiger partial charge in [0.05, 0.1) is 20.6 Å². The van der Waals surface area contributed by atoms with E-state index in [1.54, 1.807) is 10.4 Å². The average molecular weight is 519 g/mol. The molecule has 0 aromatic heterocycles. The zero-order chi connectivity index (χ0) is 23.7. The van der Waals surface area contributed by atoms with Crippen LogP contribution in [0.5, 0.6) is 0 Å². The third-order valence-corrected chi connectivity index (χ3v) is 9.50. The summed E-state index contributed by atoms with van der Waals surface area (Å²) in [5.41, 5.74) is 1.96. The molecule has 180 valence electrons. The summed E-state index contributed by atoms with van der Waals surface area (Å²) in [4.78, 5) is 5.31. The fourth-order valence-electron chi connectivity index (χ4n) is 5.05. The molecule has 1 saturated heterocycles. The summed E-state index contributed by atoms with van der Waals surface area (Å²) in [6.45, 7) is 5.66. The Morgan fingerprint density at radius 2 is 1.47 bits per heavy atom. The minimum atomic E-state index is -3.44. The van der Waals surface area contributed by atoms with E-state index in [1.807, 2.05) is 48.5 Å². The van der Waals surface area contributed by atoms with Crippen molar-refractivity contribution in [3.8, 4) is 0 Å². The maximum absolute atomic E-state index is 13.1. The molecule has 0 radical (unpaired) electrons. The van der Waals surface area contributed by atoms with Crippen molar-refractivity contribution >= 4 is 55.4 Å². The molecule has 0 saturated carbocycles. The lowest BCUT2D eigenvalue weighted by Crippen LogP contribution is -2.46. The van der Waals surface area contributed by atoms with Gasteiger partial charge < -0.3 is 4.90 Å². The number of hydrogen-bond acceptors (Lipinski definition) is 4. The molecular weight excluding hydrogens is 489 g/mol. The lowest BCUT2D eigenvalue weighted by atomic mass is 10.1. The normalized spacial score (nSPS) is 17.6. The molecule has 8 heteroatoms. The minimum Gasteiger partial charge on any atom is -0.369 e. The molecule has 5 rings (SSSR count). The van der Waals surface area contributed by atoms with Crippen molar-refractivity contribution in [1.29, 1.82) is 0 Å². The van der Waals surface area contributed by atoms with Gasteiger partial charge in [0.25, 0.3) is 10.0 Å². The molecule has 1 fully saturated rings. The van der Waals surface area contributed by atoms with Gasteiger partial charge in [-0.25, -0.2) is 8.42 Å². The quantitative estimate of drug-likeness (QED) is 0.341. The average Bonchev–Trinajstić information content (AvgIpc) is 3.06. The summed E-state index contributed by atoms with van der Waals surface area (Å²) in [6, 6.07) is 17.2. The summed E-state index contributed by atoms with van der Waals surface area (Å²) < 4.78 is 27.7. The molecule has 2 aliphatic heterocycles. The van der Waals surface area contributed by atoms with Crippen LogP contribution in [-0.2, 0) is 10.0 Å². The molecule has 0 spiro atoms. The predicted molar refractivity (Wildman–Crippen MR) is 142 cm³/mol. The fourth-order valence-corrected chi connectivity index (χ4v) is 7.10. The maximum Gasteiger partial charge on any atom is 0.265 e. The third-order valence-electron chi connectivity index (χ3n) is 6.91. The molecular formula is C26H29Cl2N3O2S. The summed E-state index contributed by atoms with van der Waals surface area (Å²) in [5, 5.41) is 3.04. The van der Waals surface area contributed by atoms with Gasteiger partial charge in [-0.3, -0.25) is 9.21 Å². The Kier molecular flexibility index (Phi) is 6.94. The highest BCUT2D eigenvalue weighted by molar-refractivity contribution is 7.93. The highest BCUT2D eigenvalue weighted by atomic mass is 35.5. The molecule has 0 amide bonds. The highest BCUT2D eigenvalue weighted by Crippen LogP contribution is 2.42. The van der Waals surface area contributed by atoms with Gasteiger partial charge in [-0.2, -0.15) is 0 Å². The number of unbranched alkanes of at least 4 members (excludes halogenated alkanes) is 3. The molecule has 2 aliphatic rings. The number of nitrogens with zero attached hydrogens (tertiary/aromatic N) is 3. The second kappa shape index (κ2) is 9.94. The Morgan fingerprint density at radius 3 is 2.21 bits per heavy atom. The van der Waals surface area contributed by atoms with E-state index in [9.17, 15) is 8.42 Å². The zero-order valence-corrected chi connectivity index (χ0v) is 21.4. The van der Waals surface area contributed by atoms with Crippen LogP contribution >= 0.6 is 23.2 Å².